The van der Waals surface area contributed by atoms with E-state index in [4.69, 9.17) is 11.6 Å². The van der Waals surface area contributed by atoms with Crippen molar-refractivity contribution in [3.8, 4) is 5.75 Å². The van der Waals surface area contributed by atoms with Crippen molar-refractivity contribution in [1.29, 1.82) is 0 Å². The molecule has 0 saturated carbocycles. The third-order valence-electron chi connectivity index (χ3n) is 6.10. The molecule has 0 aliphatic heterocycles. The Kier molecular flexibility index (Phi) is 9.31. The number of hydrogen-bond donors (Lipinski definition) is 3. The van der Waals surface area contributed by atoms with Crippen LogP contribution in [0.25, 0.3) is 0 Å². The first-order valence-corrected chi connectivity index (χ1v) is 12.9. The summed E-state index contributed by atoms with van der Waals surface area (Å²) in [7, 11) is 0. The van der Waals surface area contributed by atoms with E-state index in [0.29, 0.717) is 16.4 Å². The standard InChI is InChI=1S/C30H25ClF4N4O3/c1-19(40)37-23-11-13-24(14-12-23)38-28(41)39-29(17-20-6-3-2-4-7-20,26-15-10-22(31)18-36-26)21-8-5-9-25(16-21)42-30(34,35)27(32)33/h2-16,18,27H,17H2,1H3,(H,37,40)(H2,38,39,41). The number of amides is 3. The van der Waals surface area contributed by atoms with Crippen LogP contribution in [0.15, 0.2) is 97.2 Å². The number of hydrogen-bond acceptors (Lipinski definition) is 4. The molecule has 1 heterocycles. The maximum atomic E-state index is 13.8. The van der Waals surface area contributed by atoms with E-state index in [-0.39, 0.29) is 23.6 Å². The summed E-state index contributed by atoms with van der Waals surface area (Å²) >= 11 is 6.09. The fourth-order valence-corrected chi connectivity index (χ4v) is 4.39. The Labute approximate surface area is 243 Å². The lowest BCUT2D eigenvalue weighted by molar-refractivity contribution is -0.253. The third kappa shape index (κ3) is 7.55. The average molecular weight is 601 g/mol. The van der Waals surface area contributed by atoms with Crippen LogP contribution in [0.3, 0.4) is 0 Å². The van der Waals surface area contributed by atoms with Gasteiger partial charge in [-0.15, -0.1) is 0 Å². The van der Waals surface area contributed by atoms with Crippen LogP contribution in [0, 0.1) is 0 Å². The van der Waals surface area contributed by atoms with Crippen LogP contribution in [0.5, 0.6) is 5.75 Å². The first kappa shape index (κ1) is 30.3. The van der Waals surface area contributed by atoms with Crippen LogP contribution in [0.1, 0.15) is 23.7 Å². The van der Waals surface area contributed by atoms with Gasteiger partial charge in [0.2, 0.25) is 5.91 Å². The summed E-state index contributed by atoms with van der Waals surface area (Å²) in [6, 6.07) is 22.9. The van der Waals surface area contributed by atoms with Gasteiger partial charge >= 0.3 is 18.6 Å². The van der Waals surface area contributed by atoms with Crippen LogP contribution in [0.2, 0.25) is 5.02 Å². The molecule has 3 aromatic carbocycles. The number of anilines is 2. The highest BCUT2D eigenvalue weighted by atomic mass is 35.5. The van der Waals surface area contributed by atoms with E-state index in [1.54, 1.807) is 66.7 Å². The molecule has 0 spiro atoms. The molecule has 3 amide bonds. The number of benzene rings is 3. The fourth-order valence-electron chi connectivity index (χ4n) is 4.27. The van der Waals surface area contributed by atoms with Gasteiger partial charge in [0.05, 0.1) is 10.7 Å². The van der Waals surface area contributed by atoms with Crippen molar-refractivity contribution >= 4 is 34.9 Å². The van der Waals surface area contributed by atoms with Crippen LogP contribution < -0.4 is 20.7 Å². The summed E-state index contributed by atoms with van der Waals surface area (Å²) < 4.78 is 57.8. The van der Waals surface area contributed by atoms with Crippen molar-refractivity contribution in [2.75, 3.05) is 10.6 Å². The van der Waals surface area contributed by atoms with Gasteiger partial charge in [0, 0.05) is 30.9 Å². The van der Waals surface area contributed by atoms with Crippen LogP contribution >= 0.6 is 11.6 Å². The molecule has 3 N–H and O–H groups in total. The van der Waals surface area contributed by atoms with Gasteiger partial charge in [-0.05, 0) is 59.7 Å². The van der Waals surface area contributed by atoms with Gasteiger partial charge in [0.15, 0.2) is 0 Å². The Hall–Kier alpha value is -4.64. The zero-order valence-corrected chi connectivity index (χ0v) is 22.8. The molecular weight excluding hydrogens is 576 g/mol. The highest BCUT2D eigenvalue weighted by Crippen LogP contribution is 2.36. The minimum absolute atomic E-state index is 0.0755. The van der Waals surface area contributed by atoms with Crippen LogP contribution in [0.4, 0.5) is 33.7 Å². The van der Waals surface area contributed by atoms with Gasteiger partial charge in [-0.1, -0.05) is 54.1 Å². The summed E-state index contributed by atoms with van der Waals surface area (Å²) in [6.45, 7) is 1.37. The summed E-state index contributed by atoms with van der Waals surface area (Å²) in [6.07, 6.45) is -7.36. The van der Waals surface area contributed by atoms with E-state index in [1.165, 1.54) is 25.3 Å². The van der Waals surface area contributed by atoms with Gasteiger partial charge in [0.25, 0.3) is 0 Å². The van der Waals surface area contributed by atoms with Crippen LogP contribution in [-0.2, 0) is 16.8 Å². The van der Waals surface area contributed by atoms with Crippen molar-refractivity contribution in [2.45, 2.75) is 31.4 Å². The van der Waals surface area contributed by atoms with E-state index in [1.807, 2.05) is 0 Å². The molecule has 42 heavy (non-hydrogen) atoms. The number of carbonyl (C=O) groups is 2. The number of alkyl halides is 4. The maximum Gasteiger partial charge on any atom is 0.461 e. The topological polar surface area (TPSA) is 92.4 Å². The number of halogens is 5. The van der Waals surface area contributed by atoms with E-state index < -0.39 is 29.9 Å². The second-order valence-corrected chi connectivity index (χ2v) is 9.70. The summed E-state index contributed by atoms with van der Waals surface area (Å²) in [5.74, 6) is -0.799. The second kappa shape index (κ2) is 12.9. The Bertz CT molecular complexity index is 1520. The molecule has 1 aromatic heterocycles. The molecule has 218 valence electrons. The molecule has 0 fully saturated rings. The first-order valence-electron chi connectivity index (χ1n) is 12.6. The highest BCUT2D eigenvalue weighted by molar-refractivity contribution is 6.30. The fraction of sp³-hybridized carbons (Fsp3) is 0.167. The Morgan fingerprint density at radius 2 is 1.57 bits per heavy atom. The zero-order valence-electron chi connectivity index (χ0n) is 22.1. The molecule has 1 atom stereocenters. The Balaban J connectivity index is 1.78. The second-order valence-electron chi connectivity index (χ2n) is 9.26. The number of rotatable bonds is 10. The SMILES string of the molecule is CC(=O)Nc1ccc(NC(=O)NC(Cc2ccccc2)(c2cccc(OC(F)(F)C(F)F)c2)c2ccc(Cl)cn2)cc1. The largest absolute Gasteiger partial charge is 0.461 e. The Morgan fingerprint density at radius 1 is 0.905 bits per heavy atom. The van der Waals surface area contributed by atoms with Gasteiger partial charge in [-0.25, -0.2) is 4.79 Å². The third-order valence-corrected chi connectivity index (χ3v) is 6.33. The highest BCUT2D eigenvalue weighted by Gasteiger charge is 2.44. The molecule has 7 nitrogen and oxygen atoms in total. The smallest absolute Gasteiger partial charge is 0.428 e. The van der Waals surface area contributed by atoms with Crippen molar-refractivity contribution < 1.29 is 31.9 Å². The monoisotopic (exact) mass is 600 g/mol. The van der Waals surface area contributed by atoms with Crippen LogP contribution in [-0.4, -0.2) is 29.5 Å². The minimum Gasteiger partial charge on any atom is -0.428 e. The summed E-state index contributed by atoms with van der Waals surface area (Å²) in [4.78, 5) is 29.2. The van der Waals surface area contributed by atoms with E-state index in [0.717, 1.165) is 17.7 Å². The number of pyridine rings is 1. The molecule has 4 rings (SSSR count). The number of nitrogens with one attached hydrogen (secondary N) is 3. The van der Waals surface area contributed by atoms with Gasteiger partial charge in [-0.3, -0.25) is 9.78 Å². The van der Waals surface area contributed by atoms with Gasteiger partial charge < -0.3 is 20.7 Å². The average Bonchev–Trinajstić information content (AvgIpc) is 2.94. The predicted octanol–water partition coefficient (Wildman–Crippen LogP) is 7.24. The summed E-state index contributed by atoms with van der Waals surface area (Å²) in [5.41, 5.74) is 0.622. The minimum atomic E-state index is -4.74. The predicted molar refractivity (Wildman–Crippen MR) is 151 cm³/mol. The first-order chi connectivity index (χ1) is 20.0. The molecule has 0 aliphatic carbocycles. The molecule has 0 bridgehead atoms. The lowest BCUT2D eigenvalue weighted by Crippen LogP contribution is -2.50. The molecule has 1 unspecified atom stereocenters. The van der Waals surface area contributed by atoms with Crippen molar-refractivity contribution in [1.82, 2.24) is 10.3 Å². The lowest BCUT2D eigenvalue weighted by atomic mass is 9.80. The quantitative estimate of drug-likeness (QED) is 0.167. The number of carbonyl (C=O) groups excluding carboxylic acids is 2. The number of urea groups is 1. The molecule has 4 aromatic rings. The maximum absolute atomic E-state index is 13.8. The van der Waals surface area contributed by atoms with Crippen molar-refractivity contribution in [2.24, 2.45) is 0 Å². The summed E-state index contributed by atoms with van der Waals surface area (Å²) in [5, 5.41) is 8.58. The van der Waals surface area contributed by atoms with E-state index >= 15 is 0 Å². The molecule has 12 heteroatoms. The van der Waals surface area contributed by atoms with Gasteiger partial charge in [0.1, 0.15) is 11.3 Å². The number of nitrogens with zero attached hydrogens (tertiary/aromatic N) is 1. The van der Waals surface area contributed by atoms with E-state index in [2.05, 4.69) is 25.7 Å². The lowest BCUT2D eigenvalue weighted by Gasteiger charge is -2.35. The molecule has 0 aliphatic rings. The molecule has 0 saturated heterocycles. The number of ether oxygens (including phenoxy) is 1. The van der Waals surface area contributed by atoms with Gasteiger partial charge in [-0.2, -0.15) is 17.6 Å². The van der Waals surface area contributed by atoms with E-state index in [9.17, 15) is 27.2 Å². The number of aromatic nitrogens is 1. The normalized spacial score (nSPS) is 12.7. The van der Waals surface area contributed by atoms with Crippen molar-refractivity contribution in [3.05, 3.63) is 119 Å². The molecule has 0 radical (unpaired) electrons. The zero-order chi connectivity index (χ0) is 30.3. The molecular formula is C30H25ClF4N4O3. The Morgan fingerprint density at radius 3 is 2.17 bits per heavy atom. The van der Waals surface area contributed by atoms with Crippen molar-refractivity contribution in [3.63, 3.8) is 0 Å².